The minimum Gasteiger partial charge on any atom is -0.490 e. The number of benzene rings is 1. The van der Waals surface area contributed by atoms with Gasteiger partial charge in [0.2, 0.25) is 5.91 Å². The molecule has 0 fully saturated rings. The Hall–Kier alpha value is -2.91. The molecule has 1 atom stereocenters. The number of hydrogen-bond acceptors (Lipinski definition) is 4. The molecule has 1 aromatic carbocycles. The normalized spacial score (nSPS) is 13.2. The van der Waals surface area contributed by atoms with Crippen molar-refractivity contribution in [2.45, 2.75) is 33.0 Å². The molecule has 166 valence electrons. The highest BCUT2D eigenvalue weighted by atomic mass is 19.4. The number of para-hydroxylation sites is 1. The first-order valence-electron chi connectivity index (χ1n) is 9.65. The van der Waals surface area contributed by atoms with E-state index in [0.717, 1.165) is 12.4 Å². The third kappa shape index (κ3) is 6.57. The van der Waals surface area contributed by atoms with Crippen molar-refractivity contribution in [1.29, 1.82) is 0 Å². The van der Waals surface area contributed by atoms with E-state index in [-0.39, 0.29) is 6.04 Å². The summed E-state index contributed by atoms with van der Waals surface area (Å²) in [5.74, 6) is 0.835. The number of ether oxygens (including phenoxy) is 1. The maximum atomic E-state index is 12.4. The van der Waals surface area contributed by atoms with Gasteiger partial charge >= 0.3 is 6.18 Å². The first-order chi connectivity index (χ1) is 14.1. The van der Waals surface area contributed by atoms with Gasteiger partial charge in [0.25, 0.3) is 0 Å². The van der Waals surface area contributed by atoms with Crippen LogP contribution in [0.1, 0.15) is 32.6 Å². The average Bonchev–Trinajstić information content (AvgIpc) is 3.10. The highest BCUT2D eigenvalue weighted by Gasteiger charge is 2.31. The fraction of sp³-hybridized carbons (Fsp3) is 0.500. The number of fused-ring (bicyclic) bond motifs is 1. The Labute approximate surface area is 173 Å². The summed E-state index contributed by atoms with van der Waals surface area (Å²) in [4.78, 5) is 16.6. The van der Waals surface area contributed by atoms with Crippen LogP contribution in [0, 0.1) is 0 Å². The number of alkyl halides is 3. The van der Waals surface area contributed by atoms with Crippen molar-refractivity contribution in [2.75, 3.05) is 33.3 Å². The van der Waals surface area contributed by atoms with E-state index in [1.54, 1.807) is 0 Å². The molecule has 0 bridgehead atoms. The number of furan rings is 1. The van der Waals surface area contributed by atoms with Crippen LogP contribution in [0.3, 0.4) is 0 Å². The molecule has 2 aromatic rings. The Morgan fingerprint density at radius 3 is 2.70 bits per heavy atom. The monoisotopic (exact) mass is 428 g/mol. The molecule has 1 unspecified atom stereocenters. The second kappa shape index (κ2) is 10.2. The summed E-state index contributed by atoms with van der Waals surface area (Å²) >= 11 is 0. The van der Waals surface area contributed by atoms with E-state index in [4.69, 9.17) is 9.15 Å². The van der Waals surface area contributed by atoms with Crippen molar-refractivity contribution in [2.24, 2.45) is 4.99 Å². The first-order valence-corrected chi connectivity index (χ1v) is 9.65. The van der Waals surface area contributed by atoms with Crippen molar-refractivity contribution in [3.63, 3.8) is 0 Å². The van der Waals surface area contributed by atoms with Gasteiger partial charge in [0, 0.05) is 19.0 Å². The highest BCUT2D eigenvalue weighted by Crippen LogP contribution is 2.31. The lowest BCUT2D eigenvalue weighted by atomic mass is 10.2. The van der Waals surface area contributed by atoms with Gasteiger partial charge in [-0.15, -0.1) is 0 Å². The Morgan fingerprint density at radius 2 is 2.07 bits per heavy atom. The van der Waals surface area contributed by atoms with Crippen molar-refractivity contribution < 1.29 is 27.1 Å². The van der Waals surface area contributed by atoms with Crippen molar-refractivity contribution in [3.05, 3.63) is 30.0 Å². The second-order valence-corrected chi connectivity index (χ2v) is 6.68. The molecular weight excluding hydrogens is 401 g/mol. The van der Waals surface area contributed by atoms with Gasteiger partial charge in [0.1, 0.15) is 18.8 Å². The lowest BCUT2D eigenvalue weighted by Crippen LogP contribution is -2.41. The SMILES string of the molecule is CCNC(=NCC(=O)N(C)CC(F)(F)F)NC(C)c1cc2cccc(OCC)c2o1. The molecular formula is C20H27F3N4O3. The van der Waals surface area contributed by atoms with E-state index in [0.29, 0.717) is 41.1 Å². The first kappa shape index (κ1) is 23.4. The van der Waals surface area contributed by atoms with Crippen LogP contribution in [0.2, 0.25) is 0 Å². The molecule has 10 heteroatoms. The van der Waals surface area contributed by atoms with Gasteiger partial charge in [0.05, 0.1) is 12.6 Å². The predicted octanol–water partition coefficient (Wildman–Crippen LogP) is 3.47. The number of carbonyl (C=O) groups is 1. The number of nitrogens with zero attached hydrogens (tertiary/aromatic N) is 2. The molecule has 0 aliphatic carbocycles. The molecule has 0 saturated heterocycles. The van der Waals surface area contributed by atoms with Gasteiger partial charge in [-0.3, -0.25) is 4.79 Å². The number of amides is 1. The molecule has 0 saturated carbocycles. The number of rotatable bonds is 8. The van der Waals surface area contributed by atoms with Crippen LogP contribution in [-0.2, 0) is 4.79 Å². The van der Waals surface area contributed by atoms with Gasteiger partial charge in [-0.1, -0.05) is 12.1 Å². The van der Waals surface area contributed by atoms with Crippen molar-refractivity contribution >= 4 is 22.8 Å². The third-order valence-electron chi connectivity index (χ3n) is 4.17. The molecule has 0 aliphatic rings. The molecule has 1 heterocycles. The smallest absolute Gasteiger partial charge is 0.406 e. The zero-order chi connectivity index (χ0) is 22.3. The number of carbonyl (C=O) groups excluding carboxylic acids is 1. The number of nitrogens with one attached hydrogen (secondary N) is 2. The molecule has 0 radical (unpaired) electrons. The van der Waals surface area contributed by atoms with E-state index >= 15 is 0 Å². The van der Waals surface area contributed by atoms with Crippen LogP contribution in [0.25, 0.3) is 11.0 Å². The fourth-order valence-electron chi connectivity index (χ4n) is 2.76. The van der Waals surface area contributed by atoms with Crippen LogP contribution < -0.4 is 15.4 Å². The molecule has 2 rings (SSSR count). The summed E-state index contributed by atoms with van der Waals surface area (Å²) in [7, 11) is 1.10. The summed E-state index contributed by atoms with van der Waals surface area (Å²) in [6, 6.07) is 7.17. The minimum atomic E-state index is -4.45. The molecule has 7 nitrogen and oxygen atoms in total. The van der Waals surface area contributed by atoms with Crippen LogP contribution in [0.15, 0.2) is 33.7 Å². The van der Waals surface area contributed by atoms with Crippen LogP contribution >= 0.6 is 0 Å². The maximum Gasteiger partial charge on any atom is 0.406 e. The molecule has 30 heavy (non-hydrogen) atoms. The predicted molar refractivity (Wildman–Crippen MR) is 109 cm³/mol. The minimum absolute atomic E-state index is 0.296. The third-order valence-corrected chi connectivity index (χ3v) is 4.17. The summed E-state index contributed by atoms with van der Waals surface area (Å²) in [6.07, 6.45) is -4.45. The van der Waals surface area contributed by atoms with E-state index < -0.39 is 25.2 Å². The second-order valence-electron chi connectivity index (χ2n) is 6.68. The number of likely N-dealkylation sites (N-methyl/N-ethyl adjacent to an activating group) is 1. The topological polar surface area (TPSA) is 79.1 Å². The van der Waals surface area contributed by atoms with E-state index in [9.17, 15) is 18.0 Å². The fourth-order valence-corrected chi connectivity index (χ4v) is 2.76. The molecule has 0 spiro atoms. The summed E-state index contributed by atoms with van der Waals surface area (Å²) in [5.41, 5.74) is 0.633. The van der Waals surface area contributed by atoms with Gasteiger partial charge in [-0.25, -0.2) is 4.99 Å². The summed E-state index contributed by atoms with van der Waals surface area (Å²) in [5, 5.41) is 6.96. The number of guanidine groups is 1. The van der Waals surface area contributed by atoms with E-state index in [1.165, 1.54) is 0 Å². The Kier molecular flexibility index (Phi) is 7.96. The molecule has 2 N–H and O–H groups in total. The lowest BCUT2D eigenvalue weighted by molar-refractivity contribution is -0.157. The summed E-state index contributed by atoms with van der Waals surface area (Å²) < 4.78 is 48.8. The van der Waals surface area contributed by atoms with Crippen LogP contribution in [0.4, 0.5) is 13.2 Å². The van der Waals surface area contributed by atoms with Crippen LogP contribution in [-0.4, -0.2) is 56.2 Å². The molecule has 1 aromatic heterocycles. The Morgan fingerprint density at radius 1 is 1.33 bits per heavy atom. The van der Waals surface area contributed by atoms with E-state index in [1.807, 2.05) is 45.0 Å². The van der Waals surface area contributed by atoms with Crippen molar-refractivity contribution in [3.8, 4) is 5.75 Å². The van der Waals surface area contributed by atoms with Crippen molar-refractivity contribution in [1.82, 2.24) is 15.5 Å². The lowest BCUT2D eigenvalue weighted by Gasteiger charge is -2.19. The Balaban J connectivity index is 2.10. The number of aliphatic imine (C=N–C) groups is 1. The zero-order valence-electron chi connectivity index (χ0n) is 17.5. The number of hydrogen-bond donors (Lipinski definition) is 2. The highest BCUT2D eigenvalue weighted by molar-refractivity contribution is 5.86. The summed E-state index contributed by atoms with van der Waals surface area (Å²) in [6.45, 7) is 4.87. The van der Waals surface area contributed by atoms with Gasteiger partial charge in [-0.05, 0) is 32.9 Å². The average molecular weight is 428 g/mol. The molecule has 0 aliphatic heterocycles. The quantitative estimate of drug-likeness (QED) is 0.497. The van der Waals surface area contributed by atoms with E-state index in [2.05, 4.69) is 15.6 Å². The molecule has 1 amide bonds. The van der Waals surface area contributed by atoms with Gasteiger partial charge in [-0.2, -0.15) is 13.2 Å². The standard InChI is InChI=1S/C20H27F3N4O3/c1-5-24-19(25-11-17(28)27(4)12-20(21,22)23)26-13(3)16-10-14-8-7-9-15(29-6-2)18(14)30-16/h7-10,13H,5-6,11-12H2,1-4H3,(H2,24,25,26). The van der Waals surface area contributed by atoms with Gasteiger partial charge < -0.3 is 24.7 Å². The Bertz CT molecular complexity index is 880. The van der Waals surface area contributed by atoms with Gasteiger partial charge in [0.15, 0.2) is 17.3 Å². The largest absolute Gasteiger partial charge is 0.490 e. The zero-order valence-corrected chi connectivity index (χ0v) is 17.5. The maximum absolute atomic E-state index is 12.4. The number of halogens is 3. The van der Waals surface area contributed by atoms with Crippen LogP contribution in [0.5, 0.6) is 5.75 Å².